The minimum atomic E-state index is 0.844. The van der Waals surface area contributed by atoms with E-state index in [2.05, 4.69) is 18.2 Å². The summed E-state index contributed by atoms with van der Waals surface area (Å²) in [5, 5.41) is 0. The van der Waals surface area contributed by atoms with Crippen LogP contribution >= 0.6 is 0 Å². The lowest BCUT2D eigenvalue weighted by Gasteiger charge is -2.22. The number of nitrogens with zero attached hydrogens (tertiary/aromatic N) is 2. The fourth-order valence-corrected chi connectivity index (χ4v) is 1.10. The molecule has 0 unspecified atom stereocenters. The molecule has 0 heterocycles. The molecule has 0 bridgehead atoms. The largest absolute Gasteiger partial charge is 0.498 e. The molecule has 0 fully saturated rings. The van der Waals surface area contributed by atoms with Crippen molar-refractivity contribution in [2.75, 3.05) is 14.2 Å². The zero-order chi connectivity index (χ0) is 8.97. The van der Waals surface area contributed by atoms with Gasteiger partial charge in [0.2, 0.25) is 0 Å². The first kappa shape index (κ1) is 8.84. The summed E-state index contributed by atoms with van der Waals surface area (Å²) in [6.07, 6.45) is 6.16. The Morgan fingerprint density at radius 1 is 1.50 bits per heavy atom. The summed E-state index contributed by atoms with van der Waals surface area (Å²) in [6, 6.07) is 0. The molecular formula is C9H14N2O. The van der Waals surface area contributed by atoms with Gasteiger partial charge in [0.1, 0.15) is 19.5 Å². The average molecular weight is 166 g/mol. The van der Waals surface area contributed by atoms with Crippen molar-refractivity contribution in [2.45, 2.75) is 12.8 Å². The third kappa shape index (κ3) is 2.12. The van der Waals surface area contributed by atoms with Crippen molar-refractivity contribution in [3.05, 3.63) is 29.0 Å². The number of hydrogen-bond donors (Lipinski definition) is 0. The van der Waals surface area contributed by atoms with Gasteiger partial charge in [-0.2, -0.15) is 0 Å². The molecule has 0 saturated heterocycles. The van der Waals surface area contributed by atoms with E-state index in [1.165, 1.54) is 4.68 Å². The van der Waals surface area contributed by atoms with E-state index in [-0.39, 0.29) is 0 Å². The Morgan fingerprint density at radius 3 is 2.75 bits per heavy atom. The molecule has 0 spiro atoms. The SMILES string of the molecule is C=[N+](C)[N-]C1=CCCC=C1OC. The van der Waals surface area contributed by atoms with Gasteiger partial charge in [0.25, 0.3) is 0 Å². The Hall–Kier alpha value is -1.25. The number of rotatable bonds is 3. The predicted molar refractivity (Wildman–Crippen MR) is 49.1 cm³/mol. The van der Waals surface area contributed by atoms with Gasteiger partial charge in [-0.15, -0.1) is 0 Å². The fourth-order valence-electron chi connectivity index (χ4n) is 1.10. The minimum absolute atomic E-state index is 0.844. The molecule has 0 atom stereocenters. The summed E-state index contributed by atoms with van der Waals surface area (Å²) < 4.78 is 6.68. The van der Waals surface area contributed by atoms with E-state index in [0.717, 1.165) is 24.3 Å². The number of ether oxygens (including phenoxy) is 1. The van der Waals surface area contributed by atoms with Gasteiger partial charge < -0.3 is 10.2 Å². The normalized spacial score (nSPS) is 16.2. The van der Waals surface area contributed by atoms with Crippen LogP contribution in [0.2, 0.25) is 0 Å². The van der Waals surface area contributed by atoms with E-state index < -0.39 is 0 Å². The second-order valence-corrected chi connectivity index (χ2v) is 2.70. The first-order valence-corrected chi connectivity index (χ1v) is 3.94. The summed E-state index contributed by atoms with van der Waals surface area (Å²) in [5.41, 5.74) is 5.05. The van der Waals surface area contributed by atoms with Crippen LogP contribution in [0.3, 0.4) is 0 Å². The van der Waals surface area contributed by atoms with Gasteiger partial charge in [0.15, 0.2) is 0 Å². The third-order valence-electron chi connectivity index (χ3n) is 1.58. The first-order valence-electron chi connectivity index (χ1n) is 3.94. The highest BCUT2D eigenvalue weighted by Crippen LogP contribution is 2.23. The Bertz CT molecular complexity index is 241. The highest BCUT2D eigenvalue weighted by Gasteiger charge is 2.02. The summed E-state index contributed by atoms with van der Waals surface area (Å²) >= 11 is 0. The maximum atomic E-state index is 5.15. The van der Waals surface area contributed by atoms with Crippen molar-refractivity contribution < 1.29 is 9.42 Å². The highest BCUT2D eigenvalue weighted by molar-refractivity contribution is 5.35. The molecule has 0 aromatic carbocycles. The molecule has 3 heteroatoms. The smallest absolute Gasteiger partial charge is 0.127 e. The van der Waals surface area contributed by atoms with Gasteiger partial charge in [-0.3, -0.25) is 4.68 Å². The monoisotopic (exact) mass is 166 g/mol. The van der Waals surface area contributed by atoms with Crippen LogP contribution in [0.1, 0.15) is 12.8 Å². The molecule has 3 nitrogen and oxygen atoms in total. The molecular weight excluding hydrogens is 152 g/mol. The number of allylic oxidation sites excluding steroid dienone is 2. The van der Waals surface area contributed by atoms with Gasteiger partial charge in [-0.25, -0.2) is 0 Å². The quantitative estimate of drug-likeness (QED) is 0.357. The van der Waals surface area contributed by atoms with Crippen molar-refractivity contribution in [2.24, 2.45) is 0 Å². The number of hydrogen-bond acceptors (Lipinski definition) is 1. The van der Waals surface area contributed by atoms with Crippen molar-refractivity contribution in [3.63, 3.8) is 0 Å². The molecule has 1 aliphatic carbocycles. The Balaban J connectivity index is 2.67. The third-order valence-corrected chi connectivity index (χ3v) is 1.58. The first-order chi connectivity index (χ1) is 5.74. The van der Waals surface area contributed by atoms with E-state index >= 15 is 0 Å². The van der Waals surface area contributed by atoms with Crippen molar-refractivity contribution in [1.29, 1.82) is 0 Å². The maximum absolute atomic E-state index is 5.15. The van der Waals surface area contributed by atoms with Gasteiger partial charge in [-0.1, -0.05) is 6.08 Å². The molecule has 0 aliphatic heterocycles. The average Bonchev–Trinajstić information content (AvgIpc) is 2.04. The molecule has 66 valence electrons. The second kappa shape index (κ2) is 3.95. The van der Waals surface area contributed by atoms with Crippen molar-refractivity contribution in [1.82, 2.24) is 0 Å². The Kier molecular flexibility index (Phi) is 2.91. The molecule has 0 radical (unpaired) electrons. The fraction of sp³-hybridized carbons (Fsp3) is 0.444. The Labute approximate surface area is 73.0 Å². The van der Waals surface area contributed by atoms with E-state index in [4.69, 9.17) is 4.74 Å². The van der Waals surface area contributed by atoms with Crippen molar-refractivity contribution >= 4 is 6.72 Å². The van der Waals surface area contributed by atoms with Crippen LogP contribution in [0.4, 0.5) is 0 Å². The minimum Gasteiger partial charge on any atom is -0.498 e. The molecule has 12 heavy (non-hydrogen) atoms. The zero-order valence-corrected chi connectivity index (χ0v) is 7.58. The molecule has 0 saturated carbocycles. The van der Waals surface area contributed by atoms with Crippen LogP contribution in [0.25, 0.3) is 5.43 Å². The van der Waals surface area contributed by atoms with E-state index in [1.54, 1.807) is 14.2 Å². The molecule has 0 N–H and O–H groups in total. The lowest BCUT2D eigenvalue weighted by atomic mass is 10.1. The molecule has 1 aliphatic rings. The van der Waals surface area contributed by atoms with Gasteiger partial charge >= 0.3 is 0 Å². The van der Waals surface area contributed by atoms with Crippen molar-refractivity contribution in [3.8, 4) is 0 Å². The van der Waals surface area contributed by atoms with Crippen LogP contribution < -0.4 is 0 Å². The van der Waals surface area contributed by atoms with Gasteiger partial charge in [0, 0.05) is 0 Å². The van der Waals surface area contributed by atoms with Gasteiger partial charge in [0.05, 0.1) is 7.11 Å². The lowest BCUT2D eigenvalue weighted by Crippen LogP contribution is -2.02. The summed E-state index contributed by atoms with van der Waals surface area (Å²) in [4.78, 5) is 0. The molecule has 0 amide bonds. The molecule has 0 aromatic heterocycles. The highest BCUT2D eigenvalue weighted by atomic mass is 16.5. The van der Waals surface area contributed by atoms with Crippen LogP contribution in [-0.4, -0.2) is 25.6 Å². The van der Waals surface area contributed by atoms with Gasteiger partial charge in [-0.05, 0) is 24.6 Å². The van der Waals surface area contributed by atoms with Crippen LogP contribution in [-0.2, 0) is 4.74 Å². The van der Waals surface area contributed by atoms with E-state index in [0.29, 0.717) is 0 Å². The second-order valence-electron chi connectivity index (χ2n) is 2.70. The summed E-state index contributed by atoms with van der Waals surface area (Å²) in [7, 11) is 3.45. The molecule has 0 aromatic rings. The standard InChI is InChI=1S/C9H14N2O/c1-11(2)10-8-6-4-5-7-9(8)12-3/h6-7H,1,4-5H2,2-3H3. The van der Waals surface area contributed by atoms with Crippen LogP contribution in [0, 0.1) is 0 Å². The predicted octanol–water partition coefficient (Wildman–Crippen LogP) is 1.83. The number of methoxy groups -OCH3 is 1. The summed E-state index contributed by atoms with van der Waals surface area (Å²) in [6.45, 7) is 3.64. The Morgan fingerprint density at radius 2 is 2.17 bits per heavy atom. The maximum Gasteiger partial charge on any atom is 0.127 e. The summed E-state index contributed by atoms with van der Waals surface area (Å²) in [5.74, 6) is 0.844. The van der Waals surface area contributed by atoms with E-state index in [1.807, 2.05) is 6.08 Å². The lowest BCUT2D eigenvalue weighted by molar-refractivity contribution is -0.431. The zero-order valence-electron chi connectivity index (χ0n) is 7.58. The molecule has 1 rings (SSSR count). The van der Waals surface area contributed by atoms with Crippen LogP contribution in [0.5, 0.6) is 0 Å². The van der Waals surface area contributed by atoms with E-state index in [9.17, 15) is 0 Å². The topological polar surface area (TPSA) is 26.3 Å². The van der Waals surface area contributed by atoms with Crippen LogP contribution in [0.15, 0.2) is 23.6 Å².